The van der Waals surface area contributed by atoms with E-state index in [1.807, 2.05) is 44.4 Å². The number of nitrogens with zero attached hydrogens (tertiary/aromatic N) is 2. The molecule has 0 aromatic heterocycles. The number of hydroxylamine groups is 2. The second kappa shape index (κ2) is 10.7. The molecule has 6 heteroatoms. The van der Waals surface area contributed by atoms with E-state index in [2.05, 4.69) is 4.90 Å². The summed E-state index contributed by atoms with van der Waals surface area (Å²) in [7, 11) is 4.00. The lowest BCUT2D eigenvalue weighted by Gasteiger charge is -2.22. The minimum atomic E-state index is -0.978. The van der Waals surface area contributed by atoms with Gasteiger partial charge in [-0.2, -0.15) is 0 Å². The van der Waals surface area contributed by atoms with E-state index in [-0.39, 0.29) is 18.7 Å². The molecule has 0 aliphatic carbocycles. The van der Waals surface area contributed by atoms with Crippen molar-refractivity contribution < 1.29 is 19.5 Å². The number of aliphatic carboxylic acids is 1. The van der Waals surface area contributed by atoms with Gasteiger partial charge in [0.15, 0.2) is 0 Å². The van der Waals surface area contributed by atoms with Crippen LogP contribution in [-0.2, 0) is 21.0 Å². The van der Waals surface area contributed by atoms with Gasteiger partial charge in [-0.3, -0.25) is 14.4 Å². The second-order valence-electron chi connectivity index (χ2n) is 5.66. The zero-order valence-corrected chi connectivity index (χ0v) is 13.9. The topological polar surface area (TPSA) is 70.1 Å². The molecule has 1 aromatic rings. The van der Waals surface area contributed by atoms with Crippen LogP contribution in [0, 0.1) is 0 Å². The number of unbranched alkanes of at least 4 members (excludes halogenated alkanes) is 1. The number of carbonyl (C=O) groups is 2. The van der Waals surface area contributed by atoms with Gasteiger partial charge >= 0.3 is 5.97 Å². The Morgan fingerprint density at radius 2 is 1.70 bits per heavy atom. The molecule has 0 unspecified atom stereocenters. The lowest BCUT2D eigenvalue weighted by Crippen LogP contribution is -2.32. The number of carboxylic acid groups (broad SMARTS) is 1. The van der Waals surface area contributed by atoms with E-state index < -0.39 is 5.97 Å². The summed E-state index contributed by atoms with van der Waals surface area (Å²) in [4.78, 5) is 30.4. The third-order valence-electron chi connectivity index (χ3n) is 3.28. The molecule has 0 aliphatic heterocycles. The van der Waals surface area contributed by atoms with Crippen molar-refractivity contribution in [3.63, 3.8) is 0 Å². The molecule has 0 fully saturated rings. The van der Waals surface area contributed by atoms with Crippen LogP contribution < -0.4 is 0 Å². The fourth-order valence-electron chi connectivity index (χ4n) is 2.01. The maximum atomic E-state index is 12.1. The zero-order chi connectivity index (χ0) is 17.1. The van der Waals surface area contributed by atoms with Gasteiger partial charge in [0.2, 0.25) is 5.91 Å². The Morgan fingerprint density at radius 1 is 1.04 bits per heavy atom. The molecule has 0 bridgehead atoms. The van der Waals surface area contributed by atoms with Crippen LogP contribution in [0.25, 0.3) is 0 Å². The predicted octanol–water partition coefficient (Wildman–Crippen LogP) is 2.15. The fourth-order valence-corrected chi connectivity index (χ4v) is 2.01. The SMILES string of the molecule is CN(C)CCCCN(OCc1ccccc1)C(=O)CCC(=O)O. The van der Waals surface area contributed by atoms with E-state index in [4.69, 9.17) is 9.94 Å². The first-order chi connectivity index (χ1) is 11.0. The Hall–Kier alpha value is -1.92. The predicted molar refractivity (Wildman–Crippen MR) is 87.6 cm³/mol. The molecule has 1 amide bonds. The van der Waals surface area contributed by atoms with Crippen molar-refractivity contribution in [3.05, 3.63) is 35.9 Å². The summed E-state index contributed by atoms with van der Waals surface area (Å²) in [6, 6.07) is 9.58. The van der Waals surface area contributed by atoms with Crippen molar-refractivity contribution in [2.24, 2.45) is 0 Å². The average molecular weight is 322 g/mol. The van der Waals surface area contributed by atoms with Crippen molar-refractivity contribution in [3.8, 4) is 0 Å². The second-order valence-corrected chi connectivity index (χ2v) is 5.66. The average Bonchev–Trinajstić information content (AvgIpc) is 2.52. The van der Waals surface area contributed by atoms with Gasteiger partial charge in [-0.1, -0.05) is 30.3 Å². The number of carbonyl (C=O) groups excluding carboxylic acids is 1. The lowest BCUT2D eigenvalue weighted by atomic mass is 10.2. The number of hydrogen-bond donors (Lipinski definition) is 1. The van der Waals surface area contributed by atoms with E-state index in [0.717, 1.165) is 24.9 Å². The van der Waals surface area contributed by atoms with Crippen LogP contribution in [0.1, 0.15) is 31.2 Å². The first kappa shape index (κ1) is 19.1. The molecule has 0 saturated heterocycles. The van der Waals surface area contributed by atoms with Crippen LogP contribution in [0.2, 0.25) is 0 Å². The third-order valence-corrected chi connectivity index (χ3v) is 3.28. The van der Waals surface area contributed by atoms with Crippen molar-refractivity contribution in [1.82, 2.24) is 9.96 Å². The van der Waals surface area contributed by atoms with Crippen LogP contribution in [0.5, 0.6) is 0 Å². The highest BCUT2D eigenvalue weighted by Crippen LogP contribution is 2.07. The van der Waals surface area contributed by atoms with Crippen molar-refractivity contribution in [1.29, 1.82) is 0 Å². The number of amides is 1. The minimum Gasteiger partial charge on any atom is -0.481 e. The first-order valence-corrected chi connectivity index (χ1v) is 7.82. The zero-order valence-electron chi connectivity index (χ0n) is 13.9. The van der Waals surface area contributed by atoms with E-state index >= 15 is 0 Å². The largest absolute Gasteiger partial charge is 0.481 e. The summed E-state index contributed by atoms with van der Waals surface area (Å²) >= 11 is 0. The van der Waals surface area contributed by atoms with Gasteiger partial charge in [-0.15, -0.1) is 0 Å². The molecule has 1 N–H and O–H groups in total. The Balaban J connectivity index is 2.49. The maximum absolute atomic E-state index is 12.1. The molecular weight excluding hydrogens is 296 g/mol. The Bertz CT molecular complexity index is 477. The van der Waals surface area contributed by atoms with Crippen molar-refractivity contribution >= 4 is 11.9 Å². The highest BCUT2D eigenvalue weighted by Gasteiger charge is 2.15. The molecule has 23 heavy (non-hydrogen) atoms. The van der Waals surface area contributed by atoms with Gasteiger partial charge in [0.25, 0.3) is 0 Å². The molecule has 0 saturated carbocycles. The molecule has 0 radical (unpaired) electrons. The van der Waals surface area contributed by atoms with Gasteiger partial charge in [0, 0.05) is 13.0 Å². The Morgan fingerprint density at radius 3 is 2.30 bits per heavy atom. The van der Waals surface area contributed by atoms with Crippen LogP contribution in [-0.4, -0.2) is 54.1 Å². The highest BCUT2D eigenvalue weighted by atomic mass is 16.7. The summed E-state index contributed by atoms with van der Waals surface area (Å²) in [6.45, 7) is 1.71. The van der Waals surface area contributed by atoms with E-state index in [1.165, 1.54) is 5.06 Å². The van der Waals surface area contributed by atoms with Crippen molar-refractivity contribution in [2.75, 3.05) is 27.2 Å². The lowest BCUT2D eigenvalue weighted by molar-refractivity contribution is -0.192. The monoisotopic (exact) mass is 322 g/mol. The standard InChI is InChI=1S/C17H26N2O4/c1-18(2)12-6-7-13-19(16(20)10-11-17(21)22)23-14-15-8-4-3-5-9-15/h3-5,8-9H,6-7,10-14H2,1-2H3,(H,21,22). The summed E-state index contributed by atoms with van der Waals surface area (Å²) < 4.78 is 0. The van der Waals surface area contributed by atoms with E-state index in [9.17, 15) is 9.59 Å². The molecule has 128 valence electrons. The van der Waals surface area contributed by atoms with Crippen LogP contribution in [0.4, 0.5) is 0 Å². The van der Waals surface area contributed by atoms with Gasteiger partial charge in [-0.05, 0) is 39.0 Å². The first-order valence-electron chi connectivity index (χ1n) is 7.82. The van der Waals surface area contributed by atoms with Crippen LogP contribution in [0.3, 0.4) is 0 Å². The van der Waals surface area contributed by atoms with Gasteiger partial charge in [0.1, 0.15) is 6.61 Å². The molecule has 1 rings (SSSR count). The number of carboxylic acids is 1. The van der Waals surface area contributed by atoms with Gasteiger partial charge < -0.3 is 10.0 Å². The fraction of sp³-hybridized carbons (Fsp3) is 0.529. The summed E-state index contributed by atoms with van der Waals surface area (Å²) in [5.74, 6) is -1.26. The Labute approximate surface area is 137 Å². The smallest absolute Gasteiger partial charge is 0.303 e. The number of benzene rings is 1. The van der Waals surface area contributed by atoms with Crippen molar-refractivity contribution in [2.45, 2.75) is 32.3 Å². The summed E-state index contributed by atoms with van der Waals surface area (Å²) in [5.41, 5.74) is 0.969. The maximum Gasteiger partial charge on any atom is 0.303 e. The summed E-state index contributed by atoms with van der Waals surface area (Å²) in [5, 5.41) is 10.0. The van der Waals surface area contributed by atoms with E-state index in [1.54, 1.807) is 0 Å². The number of rotatable bonds is 11. The van der Waals surface area contributed by atoms with E-state index in [0.29, 0.717) is 13.2 Å². The van der Waals surface area contributed by atoms with Gasteiger partial charge in [0.05, 0.1) is 6.42 Å². The van der Waals surface area contributed by atoms with Gasteiger partial charge in [-0.25, -0.2) is 5.06 Å². The minimum absolute atomic E-state index is 0.0438. The molecule has 0 spiro atoms. The quantitative estimate of drug-likeness (QED) is 0.499. The molecule has 0 heterocycles. The molecule has 0 atom stereocenters. The molecular formula is C17H26N2O4. The summed E-state index contributed by atoms with van der Waals surface area (Å²) in [6.07, 6.45) is 1.54. The number of hydrogen-bond acceptors (Lipinski definition) is 4. The Kier molecular flexibility index (Phi) is 8.94. The normalized spacial score (nSPS) is 10.7. The molecule has 6 nitrogen and oxygen atoms in total. The highest BCUT2D eigenvalue weighted by molar-refractivity contribution is 5.79. The molecule has 0 aliphatic rings. The van der Waals surface area contributed by atoms with Crippen LogP contribution >= 0.6 is 0 Å². The van der Waals surface area contributed by atoms with Crippen LogP contribution in [0.15, 0.2) is 30.3 Å². The molecule has 1 aromatic carbocycles. The third kappa shape index (κ3) is 8.95.